The first-order valence-corrected chi connectivity index (χ1v) is 23.1. The van der Waals surface area contributed by atoms with Gasteiger partial charge in [0, 0.05) is 87.4 Å². The number of aromatic nitrogens is 2. The van der Waals surface area contributed by atoms with Crippen LogP contribution in [0.3, 0.4) is 0 Å². The van der Waals surface area contributed by atoms with Crippen molar-refractivity contribution < 1.29 is 45.4 Å². The van der Waals surface area contributed by atoms with Crippen LogP contribution in [0.25, 0.3) is 87.8 Å². The molecule has 69 heavy (non-hydrogen) atoms. The van der Waals surface area contributed by atoms with Crippen molar-refractivity contribution in [3.63, 3.8) is 0 Å². The summed E-state index contributed by atoms with van der Waals surface area (Å²) in [5.41, 5.74) is 1.30. The summed E-state index contributed by atoms with van der Waals surface area (Å²) < 4.78 is 111. The van der Waals surface area contributed by atoms with Crippen molar-refractivity contribution in [2.24, 2.45) is 0 Å². The van der Waals surface area contributed by atoms with Crippen molar-refractivity contribution in [3.8, 4) is 33.0 Å². The van der Waals surface area contributed by atoms with Gasteiger partial charge in [-0.2, -0.15) is 36.9 Å². The minimum Gasteiger partial charge on any atom is -0.465 e. The van der Waals surface area contributed by atoms with Crippen LogP contribution in [0.5, 0.6) is 0 Å². The van der Waals surface area contributed by atoms with Crippen LogP contribution in [0.2, 0.25) is 0 Å². The summed E-state index contributed by atoms with van der Waals surface area (Å²) in [6, 6.07) is 27.9. The van der Waals surface area contributed by atoms with Gasteiger partial charge >= 0.3 is 29.7 Å². The quantitative estimate of drug-likeness (QED) is 0.0584. The fourth-order valence-corrected chi connectivity index (χ4v) is 11.5. The molecular weight excluding hydrogens is 935 g/mol. The zero-order valence-corrected chi connectivity index (χ0v) is 39.3. The van der Waals surface area contributed by atoms with Gasteiger partial charge in [0.1, 0.15) is 23.3 Å². The van der Waals surface area contributed by atoms with Crippen LogP contribution < -0.4 is 0 Å². The third-order valence-electron chi connectivity index (χ3n) is 12.7. The van der Waals surface area contributed by atoms with E-state index in [9.17, 15) is 20.1 Å². The highest BCUT2D eigenvalue weighted by molar-refractivity contribution is 7.16. The van der Waals surface area contributed by atoms with Crippen LogP contribution in [-0.4, -0.2) is 53.1 Å². The number of aryl methyl sites for hydroxylation is 4. The lowest BCUT2D eigenvalue weighted by Crippen LogP contribution is -2.48. The number of esters is 2. The van der Waals surface area contributed by atoms with E-state index in [4.69, 9.17) is 9.47 Å². The van der Waals surface area contributed by atoms with Crippen LogP contribution >= 0.6 is 22.7 Å². The van der Waals surface area contributed by atoms with Crippen molar-refractivity contribution in [1.82, 2.24) is 9.13 Å². The number of allylic oxidation sites excluding steroid dienone is 2. The van der Waals surface area contributed by atoms with Gasteiger partial charge in [-0.15, -0.1) is 22.7 Å². The Labute approximate surface area is 398 Å². The largest absolute Gasteiger partial charge is 0.465 e. The lowest BCUT2D eigenvalue weighted by Gasteiger charge is -2.25. The highest BCUT2D eigenvalue weighted by Gasteiger charge is 2.80. The van der Waals surface area contributed by atoms with Crippen LogP contribution in [0.4, 0.5) is 26.3 Å². The maximum atomic E-state index is 16.4. The molecular formula is C53H38F6N4O4S2. The number of nitriles is 2. The fourth-order valence-electron chi connectivity index (χ4n) is 9.42. The highest BCUT2D eigenvalue weighted by atomic mass is 32.1. The molecule has 0 N–H and O–H groups in total. The molecule has 1 aliphatic rings. The van der Waals surface area contributed by atoms with Crippen LogP contribution in [0, 0.1) is 36.5 Å². The highest BCUT2D eigenvalue weighted by Crippen LogP contribution is 2.66. The average molecular weight is 973 g/mol. The van der Waals surface area contributed by atoms with E-state index < -0.39 is 52.0 Å². The Balaban J connectivity index is 1.18. The third-order valence-corrected chi connectivity index (χ3v) is 14.9. The molecule has 348 valence electrons. The number of fused-ring (bicyclic) bond motifs is 6. The molecule has 0 bridgehead atoms. The second-order valence-corrected chi connectivity index (χ2v) is 19.0. The van der Waals surface area contributed by atoms with Gasteiger partial charge in [-0.05, 0) is 134 Å². The molecule has 0 atom stereocenters. The van der Waals surface area contributed by atoms with Gasteiger partial charge in [-0.3, -0.25) is 0 Å². The first-order valence-electron chi connectivity index (χ1n) is 21.5. The zero-order valence-electron chi connectivity index (χ0n) is 37.7. The summed E-state index contributed by atoms with van der Waals surface area (Å²) in [5.74, 6) is -17.9. The molecule has 0 radical (unpaired) electrons. The molecule has 16 heteroatoms. The SMILES string of the molecule is CCn1c2ccc(/C=C(\C#N)C(=O)OC)cc2c2cc(-c3cc(C4=C(c5cc(-c6ccc7c(c6)c6cc(/C=C(\C#N)C(=O)OC)ccc6n7CC)sc5C)C(F)(F)C(F)(F)C4(F)F)c(C)s3)ccc21. The molecule has 8 aromatic rings. The minimum absolute atomic E-state index is 0.134. The molecule has 0 saturated carbocycles. The summed E-state index contributed by atoms with van der Waals surface area (Å²) in [6.45, 7) is 7.95. The maximum Gasteiger partial charge on any atom is 0.380 e. The van der Waals surface area contributed by atoms with Gasteiger partial charge in [0.05, 0.1) is 14.2 Å². The number of hydrogen-bond donors (Lipinski definition) is 0. The second kappa shape index (κ2) is 17.0. The summed E-state index contributed by atoms with van der Waals surface area (Å²) in [5, 5.41) is 22.1. The lowest BCUT2D eigenvalue weighted by atomic mass is 9.94. The molecule has 0 aliphatic heterocycles. The summed E-state index contributed by atoms with van der Waals surface area (Å²) in [4.78, 5) is 25.4. The average Bonchev–Trinajstić information content (AvgIpc) is 4.11. The number of methoxy groups -OCH3 is 2. The van der Waals surface area contributed by atoms with E-state index >= 15 is 26.3 Å². The number of carbonyl (C=O) groups excluding carboxylic acids is 2. The van der Waals surface area contributed by atoms with Crippen molar-refractivity contribution in [1.29, 1.82) is 10.5 Å². The van der Waals surface area contributed by atoms with E-state index in [1.807, 2.05) is 71.5 Å². The predicted molar refractivity (Wildman–Crippen MR) is 259 cm³/mol. The van der Waals surface area contributed by atoms with E-state index in [0.717, 1.165) is 66.3 Å². The van der Waals surface area contributed by atoms with Gasteiger partial charge in [-0.1, -0.05) is 24.3 Å². The zero-order chi connectivity index (χ0) is 49.5. The second-order valence-electron chi connectivity index (χ2n) is 16.5. The summed E-state index contributed by atoms with van der Waals surface area (Å²) in [6.07, 6.45) is 2.80. The molecule has 9 rings (SSSR count). The normalized spacial score (nSPS) is 15.6. The van der Waals surface area contributed by atoms with Gasteiger partial charge in [0.15, 0.2) is 0 Å². The number of nitrogens with zero attached hydrogens (tertiary/aromatic N) is 4. The first-order chi connectivity index (χ1) is 32.8. The molecule has 8 nitrogen and oxygen atoms in total. The molecule has 4 aromatic heterocycles. The molecule has 0 amide bonds. The Hall–Kier alpha value is -7.40. The number of halogens is 6. The number of benzene rings is 4. The smallest absolute Gasteiger partial charge is 0.380 e. The van der Waals surface area contributed by atoms with Gasteiger partial charge in [-0.25, -0.2) is 9.59 Å². The number of hydrogen-bond acceptors (Lipinski definition) is 8. The number of ether oxygens (including phenoxy) is 2. The van der Waals surface area contributed by atoms with Crippen LogP contribution in [-0.2, 0) is 32.2 Å². The van der Waals surface area contributed by atoms with Crippen molar-refractivity contribution in [2.45, 2.75) is 58.6 Å². The Kier molecular flexibility index (Phi) is 11.5. The number of rotatable bonds is 10. The Morgan fingerprint density at radius 1 is 0.580 bits per heavy atom. The number of thiophene rings is 2. The monoisotopic (exact) mass is 972 g/mol. The molecule has 1 aliphatic carbocycles. The van der Waals surface area contributed by atoms with E-state index in [1.54, 1.807) is 36.4 Å². The Morgan fingerprint density at radius 2 is 0.928 bits per heavy atom. The number of carbonyl (C=O) groups is 2. The summed E-state index contributed by atoms with van der Waals surface area (Å²) >= 11 is 2.03. The topological polar surface area (TPSA) is 110 Å². The Morgan fingerprint density at radius 3 is 1.26 bits per heavy atom. The fraction of sp³-hybridized carbons (Fsp3) is 0.208. The maximum absolute atomic E-state index is 16.4. The lowest BCUT2D eigenvalue weighted by molar-refractivity contribution is -0.254. The summed E-state index contributed by atoms with van der Waals surface area (Å²) in [7, 11) is 2.34. The van der Waals surface area contributed by atoms with Gasteiger partial charge in [0.2, 0.25) is 0 Å². The van der Waals surface area contributed by atoms with E-state index in [-0.39, 0.29) is 20.9 Å². The molecule has 4 aromatic carbocycles. The van der Waals surface area contributed by atoms with E-state index in [0.29, 0.717) is 45.1 Å². The Bertz CT molecular complexity index is 3460. The van der Waals surface area contributed by atoms with E-state index in [2.05, 4.69) is 0 Å². The van der Waals surface area contributed by atoms with E-state index in [1.165, 1.54) is 52.4 Å². The van der Waals surface area contributed by atoms with Crippen molar-refractivity contribution in [2.75, 3.05) is 14.2 Å². The molecule has 0 spiro atoms. The standard InChI is InChI=1S/C53H38F6N4O4S2/c1-7-62-41-13-9-29(17-33(25-60)49(64)66-5)19-37(41)39-21-31(11-15-43(39)62)45-23-35(27(3)68-45)47-48(52(56,57)53(58,59)51(47,54)55)36-24-46(69-28(36)4)32-12-16-44-40(22-32)38-20-30(10-14-42(38)63(44)8-2)18-34(26-61)50(65)67-6/h9-24H,7-8H2,1-6H3/b33-17+,34-18+. The molecule has 0 saturated heterocycles. The van der Waals surface area contributed by atoms with Gasteiger partial charge < -0.3 is 18.6 Å². The van der Waals surface area contributed by atoms with Crippen LogP contribution in [0.1, 0.15) is 45.9 Å². The van der Waals surface area contributed by atoms with Crippen LogP contribution in [0.15, 0.2) is 96.1 Å². The van der Waals surface area contributed by atoms with Crippen molar-refractivity contribution >= 4 is 102 Å². The van der Waals surface area contributed by atoms with Crippen molar-refractivity contribution in [3.05, 3.63) is 128 Å². The van der Waals surface area contributed by atoms with Gasteiger partial charge in [0.25, 0.3) is 0 Å². The third kappa shape index (κ3) is 7.15. The first kappa shape index (κ1) is 46.7. The number of alkyl halides is 6. The molecule has 4 heterocycles. The molecule has 0 fully saturated rings. The molecule has 0 unspecified atom stereocenters. The minimum atomic E-state index is -5.77. The predicted octanol–water partition coefficient (Wildman–Crippen LogP) is 14.0.